The Balaban J connectivity index is 0.00000180. The normalized spacial score (nSPS) is 10.5. The number of hydrogen-bond donors (Lipinski definition) is 1. The molecule has 0 atom stereocenters. The monoisotopic (exact) mass is 315 g/mol. The summed E-state index contributed by atoms with van der Waals surface area (Å²) in [6.07, 6.45) is 3.97. The molecule has 0 saturated carbocycles. The number of halogens is 1. The van der Waals surface area contributed by atoms with Crippen LogP contribution in [0.3, 0.4) is 0 Å². The minimum atomic E-state index is 0. The summed E-state index contributed by atoms with van der Waals surface area (Å²) >= 11 is 3.35. The van der Waals surface area contributed by atoms with Crippen molar-refractivity contribution in [2.24, 2.45) is 0 Å². The summed E-state index contributed by atoms with van der Waals surface area (Å²) in [7, 11) is 2.12. The molecule has 0 aliphatic rings. The van der Waals surface area contributed by atoms with Crippen LogP contribution in [-0.2, 0) is 13.1 Å². The second kappa shape index (κ2) is 7.75. The van der Waals surface area contributed by atoms with Gasteiger partial charge in [-0.2, -0.15) is 0 Å². The summed E-state index contributed by atoms with van der Waals surface area (Å²) in [6.45, 7) is 1.83. The van der Waals surface area contributed by atoms with Gasteiger partial charge in [-0.25, -0.2) is 4.98 Å². The Morgan fingerprint density at radius 3 is 2.68 bits per heavy atom. The molecule has 2 N–H and O–H groups in total. The fourth-order valence-electron chi connectivity index (χ4n) is 1.84. The lowest BCUT2D eigenvalue weighted by molar-refractivity contribution is 0.319. The van der Waals surface area contributed by atoms with Gasteiger partial charge in [0, 0.05) is 29.1 Å². The summed E-state index contributed by atoms with van der Waals surface area (Å²) in [6, 6.07) is 8.52. The van der Waals surface area contributed by atoms with Crippen molar-refractivity contribution in [1.29, 1.82) is 0 Å². The first-order valence-electron chi connectivity index (χ1n) is 5.69. The molecule has 2 rings (SSSR count). The first kappa shape index (κ1) is 16.3. The molecule has 0 radical (unpaired) electrons. The largest absolute Gasteiger partial charge is 0.375 e. The highest BCUT2D eigenvalue weighted by Gasteiger charge is 2.07. The molecule has 0 aliphatic heterocycles. The van der Waals surface area contributed by atoms with Gasteiger partial charge in [-0.05, 0) is 24.9 Å². The Bertz CT molecular complexity index is 516. The van der Waals surface area contributed by atoms with Crippen LogP contribution in [0.15, 0.2) is 35.4 Å². The molecule has 1 aromatic heterocycles. The summed E-state index contributed by atoms with van der Waals surface area (Å²) in [5.41, 5.74) is 7.00. The molecule has 0 amide bonds. The number of benzene rings is 1. The van der Waals surface area contributed by atoms with Gasteiger partial charge < -0.3 is 5.73 Å². The van der Waals surface area contributed by atoms with Crippen molar-refractivity contribution < 1.29 is 0 Å². The fourth-order valence-corrected chi connectivity index (χ4v) is 3.22. The third-order valence-corrected chi connectivity index (χ3v) is 4.28. The van der Waals surface area contributed by atoms with E-state index in [4.69, 9.17) is 5.73 Å². The molecule has 0 saturated heterocycles. The molecular weight excluding hydrogens is 298 g/mol. The van der Waals surface area contributed by atoms with Gasteiger partial charge >= 0.3 is 0 Å². The summed E-state index contributed by atoms with van der Waals surface area (Å²) in [5, 5.41) is 0.642. The van der Waals surface area contributed by atoms with E-state index in [0.29, 0.717) is 5.13 Å². The van der Waals surface area contributed by atoms with Gasteiger partial charge in [0.15, 0.2) is 5.13 Å². The van der Waals surface area contributed by atoms with E-state index in [1.54, 1.807) is 23.1 Å². The van der Waals surface area contributed by atoms with Crippen LogP contribution in [0.25, 0.3) is 0 Å². The minimum Gasteiger partial charge on any atom is -0.375 e. The third kappa shape index (κ3) is 4.69. The standard InChI is InChI=1S/C13H17N3S2.ClH/c1-16(9-11-7-15-13(14)18-11)8-10-5-3-4-6-12(10)17-2;/h3-7H,8-9H2,1-2H3,(H2,14,15);1H. The summed E-state index contributed by atoms with van der Waals surface area (Å²) in [4.78, 5) is 8.90. The molecule has 1 heterocycles. The average molecular weight is 316 g/mol. The van der Waals surface area contributed by atoms with Crippen LogP contribution < -0.4 is 5.73 Å². The molecule has 0 aliphatic carbocycles. The second-order valence-corrected chi connectivity index (χ2v) is 6.14. The quantitative estimate of drug-likeness (QED) is 0.858. The number of thiazole rings is 1. The van der Waals surface area contributed by atoms with E-state index in [1.165, 1.54) is 15.3 Å². The van der Waals surface area contributed by atoms with Crippen LogP contribution in [0.1, 0.15) is 10.4 Å². The highest BCUT2D eigenvalue weighted by molar-refractivity contribution is 7.98. The number of thioether (sulfide) groups is 1. The van der Waals surface area contributed by atoms with Crippen LogP contribution >= 0.6 is 35.5 Å². The lowest BCUT2D eigenvalue weighted by atomic mass is 10.2. The Labute approximate surface area is 128 Å². The highest BCUT2D eigenvalue weighted by Crippen LogP contribution is 2.22. The molecule has 1 aromatic carbocycles. The zero-order valence-electron chi connectivity index (χ0n) is 11.0. The van der Waals surface area contributed by atoms with Crippen molar-refractivity contribution in [3.8, 4) is 0 Å². The Morgan fingerprint density at radius 1 is 1.32 bits per heavy atom. The van der Waals surface area contributed by atoms with Gasteiger partial charge in [0.25, 0.3) is 0 Å². The number of hydrogen-bond acceptors (Lipinski definition) is 5. The number of nitrogen functional groups attached to an aromatic ring is 1. The summed E-state index contributed by atoms with van der Waals surface area (Å²) < 4.78 is 0. The van der Waals surface area contributed by atoms with Crippen LogP contribution in [0.4, 0.5) is 5.13 Å². The molecule has 0 bridgehead atoms. The lowest BCUT2D eigenvalue weighted by Crippen LogP contribution is -2.16. The molecular formula is C13H18ClN3S2. The second-order valence-electron chi connectivity index (χ2n) is 4.15. The molecule has 0 unspecified atom stereocenters. The van der Waals surface area contributed by atoms with Gasteiger partial charge in [0.2, 0.25) is 0 Å². The van der Waals surface area contributed by atoms with E-state index in [2.05, 4.69) is 47.5 Å². The maximum Gasteiger partial charge on any atom is 0.180 e. The van der Waals surface area contributed by atoms with Crippen molar-refractivity contribution in [1.82, 2.24) is 9.88 Å². The summed E-state index contributed by atoms with van der Waals surface area (Å²) in [5.74, 6) is 0. The molecule has 104 valence electrons. The smallest absolute Gasteiger partial charge is 0.180 e. The molecule has 19 heavy (non-hydrogen) atoms. The Hall–Kier alpha value is -0.750. The predicted octanol–water partition coefficient (Wildman–Crippen LogP) is 3.50. The van der Waals surface area contributed by atoms with Crippen molar-refractivity contribution in [2.75, 3.05) is 19.0 Å². The van der Waals surface area contributed by atoms with Crippen LogP contribution in [0, 0.1) is 0 Å². The zero-order chi connectivity index (χ0) is 13.0. The van der Waals surface area contributed by atoms with Gasteiger partial charge in [0.05, 0.1) is 0 Å². The minimum absolute atomic E-state index is 0. The third-order valence-electron chi connectivity index (χ3n) is 2.63. The maximum atomic E-state index is 5.64. The predicted molar refractivity (Wildman–Crippen MR) is 87.2 cm³/mol. The Kier molecular flexibility index (Phi) is 6.65. The SMILES string of the molecule is CSc1ccccc1CN(C)Cc1cnc(N)s1.Cl. The topological polar surface area (TPSA) is 42.2 Å². The fraction of sp³-hybridized carbons (Fsp3) is 0.308. The number of anilines is 1. The van der Waals surface area contributed by atoms with Gasteiger partial charge in [-0.1, -0.05) is 18.2 Å². The lowest BCUT2D eigenvalue weighted by Gasteiger charge is -2.17. The molecule has 2 aromatic rings. The Morgan fingerprint density at radius 2 is 2.05 bits per heavy atom. The number of aromatic nitrogens is 1. The van der Waals surface area contributed by atoms with E-state index in [9.17, 15) is 0 Å². The van der Waals surface area contributed by atoms with E-state index in [0.717, 1.165) is 13.1 Å². The molecule has 6 heteroatoms. The highest BCUT2D eigenvalue weighted by atomic mass is 35.5. The number of rotatable bonds is 5. The first-order valence-corrected chi connectivity index (χ1v) is 7.74. The van der Waals surface area contributed by atoms with Crippen LogP contribution in [0.5, 0.6) is 0 Å². The van der Waals surface area contributed by atoms with E-state index >= 15 is 0 Å². The van der Waals surface area contributed by atoms with Crippen molar-refractivity contribution in [2.45, 2.75) is 18.0 Å². The van der Waals surface area contributed by atoms with E-state index in [-0.39, 0.29) is 12.4 Å². The van der Waals surface area contributed by atoms with Crippen molar-refractivity contribution in [3.05, 3.63) is 40.9 Å². The maximum absolute atomic E-state index is 5.64. The zero-order valence-corrected chi connectivity index (χ0v) is 13.4. The first-order chi connectivity index (χ1) is 8.69. The van der Waals surface area contributed by atoms with Gasteiger partial charge in [-0.15, -0.1) is 35.5 Å². The van der Waals surface area contributed by atoms with Crippen LogP contribution in [-0.4, -0.2) is 23.2 Å². The molecule has 0 fully saturated rings. The number of nitrogens with two attached hydrogens (primary N) is 1. The van der Waals surface area contributed by atoms with Crippen molar-refractivity contribution in [3.63, 3.8) is 0 Å². The molecule has 3 nitrogen and oxygen atoms in total. The van der Waals surface area contributed by atoms with Crippen molar-refractivity contribution >= 4 is 40.6 Å². The van der Waals surface area contributed by atoms with Gasteiger partial charge in [0.1, 0.15) is 0 Å². The number of nitrogens with zero attached hydrogens (tertiary/aromatic N) is 2. The van der Waals surface area contributed by atoms with Crippen LogP contribution in [0.2, 0.25) is 0 Å². The van der Waals surface area contributed by atoms with E-state index < -0.39 is 0 Å². The molecule has 0 spiro atoms. The van der Waals surface area contributed by atoms with Gasteiger partial charge in [-0.3, -0.25) is 4.90 Å². The average Bonchev–Trinajstić information content (AvgIpc) is 2.75. The van der Waals surface area contributed by atoms with E-state index in [1.807, 2.05) is 6.20 Å².